The number of para-hydroxylation sites is 1. The largest absolute Gasteiger partial charge is 0.493 e. The Morgan fingerprint density at radius 1 is 1.14 bits per heavy atom. The van der Waals surface area contributed by atoms with Gasteiger partial charge in [0.05, 0.1) is 16.0 Å². The molecule has 0 amide bonds. The topological polar surface area (TPSA) is 61.8 Å². The summed E-state index contributed by atoms with van der Waals surface area (Å²) < 4.78 is 18.0. The van der Waals surface area contributed by atoms with Gasteiger partial charge in [-0.3, -0.25) is 4.79 Å². The van der Waals surface area contributed by atoms with E-state index in [-0.39, 0.29) is 35.6 Å². The van der Waals surface area contributed by atoms with Gasteiger partial charge in [-0.25, -0.2) is 4.79 Å². The van der Waals surface area contributed by atoms with Crippen LogP contribution in [0, 0.1) is 12.8 Å². The second kappa shape index (κ2) is 8.41. The molecule has 6 heteroatoms. The van der Waals surface area contributed by atoms with Crippen LogP contribution in [-0.4, -0.2) is 24.0 Å². The molecule has 0 saturated heterocycles. The number of benzene rings is 2. The van der Waals surface area contributed by atoms with Crippen molar-refractivity contribution in [2.45, 2.75) is 38.4 Å². The van der Waals surface area contributed by atoms with Gasteiger partial charge < -0.3 is 14.2 Å². The monoisotopic (exact) mass is 456 g/mol. The number of esters is 1. The van der Waals surface area contributed by atoms with Gasteiger partial charge in [0, 0.05) is 6.42 Å². The number of halogens is 1. The van der Waals surface area contributed by atoms with E-state index in [9.17, 15) is 9.59 Å². The van der Waals surface area contributed by atoms with Crippen molar-refractivity contribution in [2.24, 2.45) is 5.92 Å². The molecule has 1 saturated carbocycles. The summed E-state index contributed by atoms with van der Waals surface area (Å²) in [5, 5.41) is 0. The molecule has 0 spiro atoms. The zero-order valence-electron chi connectivity index (χ0n) is 16.0. The number of allylic oxidation sites excluding steroid dienone is 1. The maximum absolute atomic E-state index is 12.9. The van der Waals surface area contributed by atoms with Crippen LogP contribution in [0.4, 0.5) is 0 Å². The summed E-state index contributed by atoms with van der Waals surface area (Å²) in [5.74, 6) is 0.0722. The Morgan fingerprint density at radius 3 is 2.76 bits per heavy atom. The Bertz CT molecular complexity index is 967. The van der Waals surface area contributed by atoms with Crippen LogP contribution in [0.1, 0.15) is 35.2 Å². The van der Waals surface area contributed by atoms with E-state index in [0.29, 0.717) is 30.6 Å². The van der Waals surface area contributed by atoms with Crippen molar-refractivity contribution in [1.29, 1.82) is 0 Å². The zero-order chi connectivity index (χ0) is 20.4. The lowest BCUT2D eigenvalue weighted by Crippen LogP contribution is -2.43. The number of carbonyl (C=O) groups is 2. The number of fused-ring (bicyclic) bond motifs is 1. The molecule has 1 aliphatic carbocycles. The van der Waals surface area contributed by atoms with Crippen molar-refractivity contribution in [3.8, 4) is 5.75 Å². The third-order valence-corrected chi connectivity index (χ3v) is 5.91. The average Bonchev–Trinajstić information content (AvgIpc) is 2.71. The predicted octanol–water partition coefficient (Wildman–Crippen LogP) is 4.97. The molecule has 5 nitrogen and oxygen atoms in total. The SMILES string of the molecule is Cc1cccc(C(=O)OC2CCC3C(=O)C(Oc4ccccc4Br)=COC3C2)c1. The average molecular weight is 457 g/mol. The molecule has 0 aromatic heterocycles. The molecule has 1 fully saturated rings. The van der Waals surface area contributed by atoms with Gasteiger partial charge in [-0.15, -0.1) is 0 Å². The second-order valence-corrected chi connectivity index (χ2v) is 8.22. The van der Waals surface area contributed by atoms with Crippen molar-refractivity contribution in [2.75, 3.05) is 0 Å². The van der Waals surface area contributed by atoms with Crippen LogP contribution in [0.5, 0.6) is 5.75 Å². The van der Waals surface area contributed by atoms with E-state index in [2.05, 4.69) is 15.9 Å². The van der Waals surface area contributed by atoms with Crippen molar-refractivity contribution >= 4 is 27.7 Å². The molecule has 4 rings (SSSR count). The van der Waals surface area contributed by atoms with Crippen LogP contribution in [0.15, 0.2) is 65.0 Å². The molecule has 1 aliphatic heterocycles. The number of carbonyl (C=O) groups excluding carboxylic acids is 2. The Labute approximate surface area is 177 Å². The summed E-state index contributed by atoms with van der Waals surface area (Å²) >= 11 is 3.41. The molecule has 29 heavy (non-hydrogen) atoms. The highest BCUT2D eigenvalue weighted by molar-refractivity contribution is 9.10. The molecule has 2 aromatic carbocycles. The Kier molecular flexibility index (Phi) is 5.72. The quantitative estimate of drug-likeness (QED) is 0.607. The number of Topliss-reactive ketones (excluding diaryl/α,β-unsaturated/α-hetero) is 1. The lowest BCUT2D eigenvalue weighted by molar-refractivity contribution is -0.132. The van der Waals surface area contributed by atoms with Gasteiger partial charge in [-0.1, -0.05) is 29.8 Å². The summed E-state index contributed by atoms with van der Waals surface area (Å²) in [5.41, 5.74) is 1.55. The second-order valence-electron chi connectivity index (χ2n) is 7.37. The lowest BCUT2D eigenvalue weighted by Gasteiger charge is -2.36. The maximum atomic E-state index is 12.9. The van der Waals surface area contributed by atoms with Gasteiger partial charge in [-0.2, -0.15) is 0 Å². The molecule has 0 N–H and O–H groups in total. The van der Waals surface area contributed by atoms with Crippen molar-refractivity contribution < 1.29 is 23.8 Å². The summed E-state index contributed by atoms with van der Waals surface area (Å²) in [6.45, 7) is 1.93. The van der Waals surface area contributed by atoms with Crippen molar-refractivity contribution in [1.82, 2.24) is 0 Å². The summed E-state index contributed by atoms with van der Waals surface area (Å²) in [6, 6.07) is 14.7. The number of aryl methyl sites for hydroxylation is 1. The lowest BCUT2D eigenvalue weighted by atomic mass is 9.80. The number of ether oxygens (including phenoxy) is 3. The van der Waals surface area contributed by atoms with Crippen LogP contribution in [-0.2, 0) is 14.3 Å². The smallest absolute Gasteiger partial charge is 0.338 e. The third kappa shape index (κ3) is 4.37. The van der Waals surface area contributed by atoms with Gasteiger partial charge in [0.2, 0.25) is 11.5 Å². The molecular weight excluding hydrogens is 436 g/mol. The number of hydrogen-bond donors (Lipinski definition) is 0. The number of hydrogen-bond acceptors (Lipinski definition) is 5. The fourth-order valence-corrected chi connectivity index (χ4v) is 4.12. The molecule has 3 unspecified atom stereocenters. The van der Waals surface area contributed by atoms with Gasteiger partial charge in [0.1, 0.15) is 24.2 Å². The van der Waals surface area contributed by atoms with Gasteiger partial charge >= 0.3 is 5.97 Å². The van der Waals surface area contributed by atoms with Gasteiger partial charge in [0.25, 0.3) is 0 Å². The third-order valence-electron chi connectivity index (χ3n) is 5.26. The van der Waals surface area contributed by atoms with E-state index in [1.807, 2.05) is 43.3 Å². The summed E-state index contributed by atoms with van der Waals surface area (Å²) in [6.07, 6.45) is 2.51. The van der Waals surface area contributed by atoms with Gasteiger partial charge in [-0.05, 0) is 60.0 Å². The van der Waals surface area contributed by atoms with Crippen molar-refractivity contribution in [3.63, 3.8) is 0 Å². The first-order valence-electron chi connectivity index (χ1n) is 9.61. The minimum absolute atomic E-state index is 0.0690. The fourth-order valence-electron chi connectivity index (χ4n) is 3.75. The van der Waals surface area contributed by atoms with E-state index in [4.69, 9.17) is 14.2 Å². The summed E-state index contributed by atoms with van der Waals surface area (Å²) in [7, 11) is 0. The van der Waals surface area contributed by atoms with Crippen LogP contribution in [0.25, 0.3) is 0 Å². The fraction of sp³-hybridized carbons (Fsp3) is 0.304. The van der Waals surface area contributed by atoms with E-state index >= 15 is 0 Å². The van der Waals surface area contributed by atoms with Gasteiger partial charge in [0.15, 0.2) is 0 Å². The molecule has 150 valence electrons. The minimum atomic E-state index is -0.340. The van der Waals surface area contributed by atoms with E-state index in [1.165, 1.54) is 6.26 Å². The molecule has 1 heterocycles. The van der Waals surface area contributed by atoms with Crippen LogP contribution >= 0.6 is 15.9 Å². The molecular formula is C23H21BrO5. The Balaban J connectivity index is 1.40. The highest BCUT2D eigenvalue weighted by Crippen LogP contribution is 2.36. The Hall–Kier alpha value is -2.60. The molecule has 2 aliphatic rings. The zero-order valence-corrected chi connectivity index (χ0v) is 17.6. The first-order chi connectivity index (χ1) is 14.0. The normalized spacial score (nSPS) is 23.4. The highest BCUT2D eigenvalue weighted by atomic mass is 79.9. The summed E-state index contributed by atoms with van der Waals surface area (Å²) in [4.78, 5) is 25.3. The Morgan fingerprint density at radius 2 is 1.97 bits per heavy atom. The van der Waals surface area contributed by atoms with E-state index < -0.39 is 0 Å². The predicted molar refractivity (Wildman–Crippen MR) is 110 cm³/mol. The molecule has 3 atom stereocenters. The number of ketones is 1. The molecule has 0 radical (unpaired) electrons. The standard InChI is InChI=1S/C23H21BrO5/c1-14-5-4-6-15(11-14)23(26)28-16-9-10-17-20(12-16)27-13-21(22(17)25)29-19-8-3-2-7-18(19)24/h2-8,11,13,16-17,20H,9-10,12H2,1H3. The minimum Gasteiger partial charge on any atom is -0.493 e. The van der Waals surface area contributed by atoms with E-state index in [0.717, 1.165) is 10.0 Å². The van der Waals surface area contributed by atoms with Crippen LogP contribution in [0.3, 0.4) is 0 Å². The molecule has 2 aromatic rings. The first-order valence-corrected chi connectivity index (χ1v) is 10.4. The van der Waals surface area contributed by atoms with Crippen LogP contribution in [0.2, 0.25) is 0 Å². The highest BCUT2D eigenvalue weighted by Gasteiger charge is 2.42. The van der Waals surface area contributed by atoms with Crippen molar-refractivity contribution in [3.05, 3.63) is 76.2 Å². The number of rotatable bonds is 4. The van der Waals surface area contributed by atoms with E-state index in [1.54, 1.807) is 12.1 Å². The maximum Gasteiger partial charge on any atom is 0.338 e. The van der Waals surface area contributed by atoms with Crippen LogP contribution < -0.4 is 4.74 Å². The first kappa shape index (κ1) is 19.7. The molecule has 0 bridgehead atoms.